The largest absolute Gasteiger partial charge is 0.497 e. The molecule has 0 spiro atoms. The van der Waals surface area contributed by atoms with Gasteiger partial charge in [-0.15, -0.1) is 0 Å². The van der Waals surface area contributed by atoms with Crippen molar-refractivity contribution in [1.29, 1.82) is 0 Å². The zero-order chi connectivity index (χ0) is 20.4. The Morgan fingerprint density at radius 2 is 1.66 bits per heavy atom. The third kappa shape index (κ3) is 4.76. The molecule has 4 aliphatic carbocycles. The first-order valence-corrected chi connectivity index (χ1v) is 11.1. The highest BCUT2D eigenvalue weighted by Crippen LogP contribution is 2.61. The van der Waals surface area contributed by atoms with E-state index < -0.39 is 0 Å². The fraction of sp³-hybridized carbons (Fsp3) is 0.667. The number of ether oxygens (including phenoxy) is 1. The Balaban J connectivity index is 1.30. The minimum absolute atomic E-state index is 0.00398. The summed E-state index contributed by atoms with van der Waals surface area (Å²) in [7, 11) is 1.62. The summed E-state index contributed by atoms with van der Waals surface area (Å²) in [5.41, 5.74) is 1.40. The van der Waals surface area contributed by atoms with Crippen LogP contribution in [0.4, 0.5) is 0 Å². The first-order chi connectivity index (χ1) is 13.9. The molecule has 4 bridgehead atoms. The molecule has 0 radical (unpaired) electrons. The van der Waals surface area contributed by atoms with Crippen LogP contribution < -0.4 is 15.4 Å². The maximum atomic E-state index is 12.6. The zero-order valence-electron chi connectivity index (χ0n) is 17.7. The van der Waals surface area contributed by atoms with Crippen molar-refractivity contribution >= 4 is 11.8 Å². The van der Waals surface area contributed by atoms with Gasteiger partial charge in [0, 0.05) is 13.5 Å². The fourth-order valence-corrected chi connectivity index (χ4v) is 6.65. The molecule has 2 amide bonds. The van der Waals surface area contributed by atoms with Gasteiger partial charge >= 0.3 is 0 Å². The number of hydrogen-bond donors (Lipinski definition) is 2. The molecular weight excluding hydrogens is 364 g/mol. The van der Waals surface area contributed by atoms with Crippen LogP contribution in [-0.4, -0.2) is 25.5 Å². The first-order valence-electron chi connectivity index (χ1n) is 11.1. The molecule has 0 saturated heterocycles. The van der Waals surface area contributed by atoms with Gasteiger partial charge in [-0.05, 0) is 85.8 Å². The van der Waals surface area contributed by atoms with Crippen LogP contribution in [0.3, 0.4) is 0 Å². The van der Waals surface area contributed by atoms with E-state index in [9.17, 15) is 9.59 Å². The smallest absolute Gasteiger partial charge is 0.222 e. The van der Waals surface area contributed by atoms with E-state index >= 15 is 0 Å². The molecule has 4 aliphatic rings. The maximum Gasteiger partial charge on any atom is 0.222 e. The fourth-order valence-electron chi connectivity index (χ4n) is 6.65. The van der Waals surface area contributed by atoms with Gasteiger partial charge in [0.15, 0.2) is 0 Å². The van der Waals surface area contributed by atoms with Crippen molar-refractivity contribution in [3.8, 4) is 5.75 Å². The molecule has 1 aromatic carbocycles. The predicted molar refractivity (Wildman–Crippen MR) is 112 cm³/mol. The average Bonchev–Trinajstić information content (AvgIpc) is 2.66. The molecule has 29 heavy (non-hydrogen) atoms. The Morgan fingerprint density at radius 3 is 2.17 bits per heavy atom. The van der Waals surface area contributed by atoms with Crippen molar-refractivity contribution in [3.63, 3.8) is 0 Å². The molecule has 158 valence electrons. The van der Waals surface area contributed by atoms with Gasteiger partial charge in [0.1, 0.15) is 5.75 Å². The summed E-state index contributed by atoms with van der Waals surface area (Å²) in [5, 5.41) is 6.05. The lowest BCUT2D eigenvalue weighted by Crippen LogP contribution is -2.47. The van der Waals surface area contributed by atoms with Gasteiger partial charge in [-0.1, -0.05) is 12.1 Å². The molecule has 1 unspecified atom stereocenters. The quantitative estimate of drug-likeness (QED) is 0.696. The van der Waals surface area contributed by atoms with Crippen molar-refractivity contribution in [3.05, 3.63) is 29.8 Å². The van der Waals surface area contributed by atoms with Gasteiger partial charge in [-0.2, -0.15) is 0 Å². The summed E-state index contributed by atoms with van der Waals surface area (Å²) >= 11 is 0. The highest BCUT2D eigenvalue weighted by molar-refractivity contribution is 5.79. The molecule has 1 aromatic rings. The Morgan fingerprint density at radius 1 is 1.07 bits per heavy atom. The van der Waals surface area contributed by atoms with Crippen LogP contribution in [0.2, 0.25) is 0 Å². The van der Waals surface area contributed by atoms with Gasteiger partial charge in [0.2, 0.25) is 11.8 Å². The highest BCUT2D eigenvalue weighted by atomic mass is 16.5. The number of carbonyl (C=O) groups is 2. The molecule has 0 aromatic heterocycles. The molecule has 4 fully saturated rings. The third-order valence-electron chi connectivity index (χ3n) is 7.43. The molecule has 2 N–H and O–H groups in total. The van der Waals surface area contributed by atoms with Gasteiger partial charge < -0.3 is 15.4 Å². The Kier molecular flexibility index (Phi) is 5.84. The van der Waals surface area contributed by atoms with E-state index in [2.05, 4.69) is 10.6 Å². The van der Waals surface area contributed by atoms with E-state index in [1.165, 1.54) is 45.4 Å². The topological polar surface area (TPSA) is 67.4 Å². The number of carbonyl (C=O) groups excluding carboxylic acids is 2. The second-order valence-corrected chi connectivity index (χ2v) is 9.75. The number of rotatable bonds is 8. The Hall–Kier alpha value is -2.04. The predicted octanol–water partition coefficient (Wildman–Crippen LogP) is 3.99. The monoisotopic (exact) mass is 398 g/mol. The van der Waals surface area contributed by atoms with Crippen LogP contribution in [0.15, 0.2) is 24.3 Å². The van der Waals surface area contributed by atoms with Crippen LogP contribution in [-0.2, 0) is 9.59 Å². The molecule has 1 atom stereocenters. The van der Waals surface area contributed by atoms with E-state index in [1.54, 1.807) is 7.11 Å². The van der Waals surface area contributed by atoms with E-state index in [4.69, 9.17) is 4.74 Å². The normalized spacial score (nSPS) is 30.6. The second-order valence-electron chi connectivity index (χ2n) is 9.75. The summed E-state index contributed by atoms with van der Waals surface area (Å²) in [4.78, 5) is 24.3. The first kappa shape index (κ1) is 20.2. The zero-order valence-corrected chi connectivity index (χ0v) is 17.7. The van der Waals surface area contributed by atoms with Gasteiger partial charge in [-0.3, -0.25) is 9.59 Å². The van der Waals surface area contributed by atoms with Crippen LogP contribution in [0.1, 0.15) is 69.9 Å². The summed E-state index contributed by atoms with van der Waals surface area (Å²) in [6.45, 7) is 2.24. The Bertz CT molecular complexity index is 708. The maximum absolute atomic E-state index is 12.6. The number of benzene rings is 1. The molecule has 0 aliphatic heterocycles. The molecule has 4 saturated carbocycles. The highest BCUT2D eigenvalue weighted by Gasteiger charge is 2.50. The minimum atomic E-state index is -0.321. The summed E-state index contributed by atoms with van der Waals surface area (Å²) in [6.07, 6.45) is 9.83. The standard InChI is InChI=1S/C24H34N2O3/c1-16(27)26-22(20-3-5-21(29-2)6-4-20)12-23(28)25-8-7-24-13-17-9-18(14-24)11-19(10-17)15-24/h3-6,17-19,22H,7-15H2,1-2H3,(H,25,28)(H,26,27). The number of amides is 2. The summed E-state index contributed by atoms with van der Waals surface area (Å²) < 4.78 is 5.20. The lowest BCUT2D eigenvalue weighted by Gasteiger charge is -2.57. The lowest BCUT2D eigenvalue weighted by atomic mass is 9.49. The number of hydrogen-bond acceptors (Lipinski definition) is 3. The van der Waals surface area contributed by atoms with Gasteiger partial charge in [0.05, 0.1) is 19.6 Å². The van der Waals surface area contributed by atoms with Crippen LogP contribution in [0.5, 0.6) is 5.75 Å². The van der Waals surface area contributed by atoms with Gasteiger partial charge in [-0.25, -0.2) is 0 Å². The van der Waals surface area contributed by atoms with E-state index in [0.717, 1.165) is 42.0 Å². The summed E-state index contributed by atoms with van der Waals surface area (Å²) in [6, 6.07) is 7.20. The van der Waals surface area contributed by atoms with Crippen molar-refractivity contribution < 1.29 is 14.3 Å². The second kappa shape index (κ2) is 8.37. The molecule has 5 nitrogen and oxygen atoms in total. The molecular formula is C24H34N2O3. The van der Waals surface area contributed by atoms with E-state index in [-0.39, 0.29) is 24.3 Å². The molecule has 0 heterocycles. The molecule has 5 heteroatoms. The van der Waals surface area contributed by atoms with Crippen molar-refractivity contribution in [1.82, 2.24) is 10.6 Å². The van der Waals surface area contributed by atoms with E-state index in [1.807, 2.05) is 24.3 Å². The van der Waals surface area contributed by atoms with Crippen LogP contribution in [0.25, 0.3) is 0 Å². The minimum Gasteiger partial charge on any atom is -0.497 e. The van der Waals surface area contributed by atoms with Crippen molar-refractivity contribution in [2.45, 2.75) is 64.3 Å². The van der Waals surface area contributed by atoms with Crippen molar-refractivity contribution in [2.24, 2.45) is 23.2 Å². The Labute approximate surface area is 174 Å². The van der Waals surface area contributed by atoms with E-state index in [0.29, 0.717) is 5.41 Å². The van der Waals surface area contributed by atoms with Crippen LogP contribution >= 0.6 is 0 Å². The number of nitrogens with one attached hydrogen (secondary N) is 2. The average molecular weight is 399 g/mol. The number of methoxy groups -OCH3 is 1. The third-order valence-corrected chi connectivity index (χ3v) is 7.43. The van der Waals surface area contributed by atoms with Gasteiger partial charge in [0.25, 0.3) is 0 Å². The SMILES string of the molecule is COc1ccc(C(CC(=O)NCCC23CC4CC(CC(C4)C2)C3)NC(C)=O)cc1. The van der Waals surface area contributed by atoms with Crippen LogP contribution in [0, 0.1) is 23.2 Å². The lowest BCUT2D eigenvalue weighted by molar-refractivity contribution is -0.123. The summed E-state index contributed by atoms with van der Waals surface area (Å²) in [5.74, 6) is 3.45. The molecule has 5 rings (SSSR count). The van der Waals surface area contributed by atoms with Crippen molar-refractivity contribution in [2.75, 3.05) is 13.7 Å².